The zero-order valence-electron chi connectivity index (χ0n) is 10.7. The average Bonchev–Trinajstić information content (AvgIpc) is 2.92. The number of amides is 1. The van der Waals surface area contributed by atoms with Crippen LogP contribution in [-0.4, -0.2) is 14.8 Å². The molecule has 1 N–H and O–H groups in total. The van der Waals surface area contributed by atoms with Gasteiger partial charge in [-0.1, -0.05) is 17.7 Å². The van der Waals surface area contributed by atoms with Crippen LogP contribution < -0.4 is 5.32 Å². The third-order valence-corrected chi connectivity index (χ3v) is 4.35. The van der Waals surface area contributed by atoms with E-state index in [-0.39, 0.29) is 9.92 Å². The van der Waals surface area contributed by atoms with Crippen LogP contribution >= 0.6 is 0 Å². The van der Waals surface area contributed by atoms with Crippen molar-refractivity contribution in [3.05, 3.63) is 59.0 Å². The third kappa shape index (κ3) is 2.97. The summed E-state index contributed by atoms with van der Waals surface area (Å²) in [7, 11) is -3.80. The Morgan fingerprint density at radius 2 is 1.90 bits per heavy atom. The largest absolute Gasteiger partial charge is 0.465 e. The summed E-state index contributed by atoms with van der Waals surface area (Å²) in [5.41, 5.74) is 0.948. The van der Waals surface area contributed by atoms with E-state index in [2.05, 4.69) is 5.32 Å². The molecule has 1 aromatic heterocycles. The highest BCUT2D eigenvalue weighted by Crippen LogP contribution is 2.20. The molecule has 2 aromatic rings. The van der Waals surface area contributed by atoms with Crippen LogP contribution in [0.3, 0.4) is 0 Å². The second kappa shape index (κ2) is 5.75. The van der Waals surface area contributed by atoms with Gasteiger partial charge >= 0.3 is 0 Å². The van der Waals surface area contributed by atoms with Crippen LogP contribution in [-0.2, 0) is 14.6 Å². The molecule has 1 aromatic carbocycles. The van der Waals surface area contributed by atoms with E-state index in [9.17, 15) is 13.2 Å². The van der Waals surface area contributed by atoms with Gasteiger partial charge in [0.25, 0.3) is 0 Å². The molecule has 6 heteroatoms. The zero-order chi connectivity index (χ0) is 14.6. The molecule has 0 unspecified atom stereocenters. The molecule has 0 aliphatic carbocycles. The van der Waals surface area contributed by atoms with Crippen molar-refractivity contribution in [1.29, 1.82) is 0 Å². The van der Waals surface area contributed by atoms with Gasteiger partial charge in [0.2, 0.25) is 16.2 Å². The maximum Gasteiger partial charge on any atom is 0.222 e. The lowest BCUT2D eigenvalue weighted by molar-refractivity contribution is -0.108. The monoisotopic (exact) mass is 291 g/mol. The minimum Gasteiger partial charge on any atom is -0.465 e. The Morgan fingerprint density at radius 3 is 2.45 bits per heavy atom. The van der Waals surface area contributed by atoms with E-state index < -0.39 is 9.84 Å². The van der Waals surface area contributed by atoms with E-state index in [1.165, 1.54) is 24.5 Å². The first kappa shape index (κ1) is 14.1. The van der Waals surface area contributed by atoms with Crippen molar-refractivity contribution in [3.8, 4) is 0 Å². The second-order valence-corrected chi connectivity index (χ2v) is 6.02. The predicted molar refractivity (Wildman–Crippen MR) is 74.2 cm³/mol. The molecule has 0 bridgehead atoms. The van der Waals surface area contributed by atoms with Gasteiger partial charge in [-0.15, -0.1) is 0 Å². The Kier molecular flexibility index (Phi) is 4.05. The van der Waals surface area contributed by atoms with E-state index in [0.717, 1.165) is 5.56 Å². The number of carbonyl (C=O) groups excluding carboxylic acids is 1. The normalized spacial score (nSPS) is 12.2. The summed E-state index contributed by atoms with van der Waals surface area (Å²) in [6, 6.07) is 9.59. The molecule has 1 heterocycles. The molecule has 0 aliphatic heterocycles. The topological polar surface area (TPSA) is 76.4 Å². The minimum atomic E-state index is -3.80. The highest BCUT2D eigenvalue weighted by molar-refractivity contribution is 7.95. The van der Waals surface area contributed by atoms with E-state index in [0.29, 0.717) is 12.2 Å². The van der Waals surface area contributed by atoms with Crippen molar-refractivity contribution in [2.24, 2.45) is 0 Å². The van der Waals surface area contributed by atoms with E-state index in [1.807, 2.05) is 6.92 Å². The molecule has 1 amide bonds. The lowest BCUT2D eigenvalue weighted by Gasteiger charge is -2.07. The van der Waals surface area contributed by atoms with Crippen LogP contribution in [0.4, 0.5) is 0 Å². The first-order valence-corrected chi connectivity index (χ1v) is 7.29. The molecular weight excluding hydrogens is 278 g/mol. The fourth-order valence-electron chi connectivity index (χ4n) is 1.60. The summed E-state index contributed by atoms with van der Waals surface area (Å²) in [6.07, 6.45) is 3.01. The van der Waals surface area contributed by atoms with Gasteiger partial charge < -0.3 is 9.73 Å². The summed E-state index contributed by atoms with van der Waals surface area (Å²) >= 11 is 0. The van der Waals surface area contributed by atoms with Gasteiger partial charge in [-0.2, -0.15) is 0 Å². The van der Waals surface area contributed by atoms with Crippen LogP contribution in [0.1, 0.15) is 11.3 Å². The molecule has 0 atom stereocenters. The number of hydrogen-bond acceptors (Lipinski definition) is 4. The lowest BCUT2D eigenvalue weighted by atomic mass is 10.2. The average molecular weight is 291 g/mol. The van der Waals surface area contributed by atoms with Crippen molar-refractivity contribution >= 4 is 22.3 Å². The molecule has 0 saturated heterocycles. The van der Waals surface area contributed by atoms with Gasteiger partial charge in [0.1, 0.15) is 10.8 Å². The molecule has 0 aliphatic rings. The molecule has 0 radical (unpaired) electrons. The van der Waals surface area contributed by atoms with Gasteiger partial charge in [-0.3, -0.25) is 4.79 Å². The highest BCUT2D eigenvalue weighted by atomic mass is 32.2. The lowest BCUT2D eigenvalue weighted by Crippen LogP contribution is -2.19. The van der Waals surface area contributed by atoms with Crippen molar-refractivity contribution in [2.75, 3.05) is 0 Å². The van der Waals surface area contributed by atoms with Gasteiger partial charge in [-0.25, -0.2) is 8.42 Å². The number of rotatable bonds is 5. The Balaban J connectivity index is 2.47. The minimum absolute atomic E-state index is 0.107. The molecule has 2 rings (SSSR count). The molecule has 0 fully saturated rings. The maximum absolute atomic E-state index is 12.4. The third-order valence-electron chi connectivity index (χ3n) is 2.64. The van der Waals surface area contributed by atoms with Gasteiger partial charge in [-0.05, 0) is 31.2 Å². The van der Waals surface area contributed by atoms with Crippen LogP contribution in [0.2, 0.25) is 0 Å². The van der Waals surface area contributed by atoms with Gasteiger partial charge in [0.05, 0.1) is 11.2 Å². The van der Waals surface area contributed by atoms with Gasteiger partial charge in [0, 0.05) is 6.08 Å². The Labute approximate surface area is 116 Å². The Bertz CT molecular complexity index is 713. The van der Waals surface area contributed by atoms with Gasteiger partial charge in [0.15, 0.2) is 0 Å². The van der Waals surface area contributed by atoms with Crippen molar-refractivity contribution in [1.82, 2.24) is 5.32 Å². The van der Waals surface area contributed by atoms with E-state index in [4.69, 9.17) is 4.42 Å². The molecule has 104 valence electrons. The smallest absolute Gasteiger partial charge is 0.222 e. The predicted octanol–water partition coefficient (Wildman–Crippen LogP) is 2.11. The summed E-state index contributed by atoms with van der Waals surface area (Å²) in [5.74, 6) is 0.338. The number of nitrogens with one attached hydrogen (secondary N) is 1. The summed E-state index contributed by atoms with van der Waals surface area (Å²) in [5, 5.41) is 1.98. The summed E-state index contributed by atoms with van der Waals surface area (Å²) in [6.45, 7) is 1.86. The summed E-state index contributed by atoms with van der Waals surface area (Å²) < 4.78 is 29.9. The number of aryl methyl sites for hydroxylation is 1. The van der Waals surface area contributed by atoms with E-state index in [1.54, 1.807) is 24.3 Å². The van der Waals surface area contributed by atoms with E-state index >= 15 is 0 Å². The van der Waals surface area contributed by atoms with Crippen molar-refractivity contribution in [2.45, 2.75) is 11.8 Å². The van der Waals surface area contributed by atoms with Crippen molar-refractivity contribution in [3.63, 3.8) is 0 Å². The first-order chi connectivity index (χ1) is 9.54. The Hall–Kier alpha value is -2.34. The molecule has 20 heavy (non-hydrogen) atoms. The molecule has 5 nitrogen and oxygen atoms in total. The number of sulfone groups is 1. The standard InChI is InChI=1S/C14H13NO4S/c1-11-4-6-13(7-5-11)20(17,18)14(15-10-16)9-12-3-2-8-19-12/h2-10H,1H3,(H,15,16). The number of furan rings is 1. The molecule has 0 spiro atoms. The van der Waals surface area contributed by atoms with Crippen LogP contribution in [0.5, 0.6) is 0 Å². The van der Waals surface area contributed by atoms with Crippen LogP contribution in [0, 0.1) is 6.92 Å². The van der Waals surface area contributed by atoms with Crippen molar-refractivity contribution < 1.29 is 17.6 Å². The fourth-order valence-corrected chi connectivity index (χ4v) is 2.82. The van der Waals surface area contributed by atoms with Crippen LogP contribution in [0.15, 0.2) is 57.0 Å². The fraction of sp³-hybridized carbons (Fsp3) is 0.0714. The number of carbonyl (C=O) groups is 1. The molecular formula is C14H13NO4S. The number of hydrogen-bond donors (Lipinski definition) is 1. The highest BCUT2D eigenvalue weighted by Gasteiger charge is 2.20. The maximum atomic E-state index is 12.4. The van der Waals surface area contributed by atoms with Crippen LogP contribution in [0.25, 0.3) is 6.08 Å². The Morgan fingerprint density at radius 1 is 1.20 bits per heavy atom. The SMILES string of the molecule is Cc1ccc(S(=O)(=O)C(=Cc2ccco2)NC=O)cc1. The molecule has 0 saturated carbocycles. The number of benzene rings is 1. The quantitative estimate of drug-likeness (QED) is 0.856. The zero-order valence-corrected chi connectivity index (χ0v) is 11.6. The first-order valence-electron chi connectivity index (χ1n) is 5.81. The second-order valence-electron chi connectivity index (χ2n) is 4.10. The summed E-state index contributed by atoms with van der Waals surface area (Å²) in [4.78, 5) is 10.7.